The van der Waals surface area contributed by atoms with Crippen LogP contribution in [0.1, 0.15) is 13.8 Å². The van der Waals surface area contributed by atoms with Gasteiger partial charge in [0.15, 0.2) is 0 Å². The molecule has 0 aromatic carbocycles. The summed E-state index contributed by atoms with van der Waals surface area (Å²) in [6.07, 6.45) is 0. The molecule has 0 rings (SSSR count). The zero-order valence-corrected chi connectivity index (χ0v) is 8.16. The van der Waals surface area contributed by atoms with Crippen LogP contribution >= 0.6 is 31.9 Å². The van der Waals surface area contributed by atoms with Gasteiger partial charge in [-0.3, -0.25) is 0 Å². The first kappa shape index (κ1) is 8.92. The molecule has 0 aliphatic rings. The fourth-order valence-electron chi connectivity index (χ4n) is 0.126. The number of aliphatic hydroxyl groups excluding tert-OH is 1. The summed E-state index contributed by atoms with van der Waals surface area (Å²) in [5.41, 5.74) is 0. The van der Waals surface area contributed by atoms with Gasteiger partial charge in [-0.15, -0.1) is 0 Å². The highest BCUT2D eigenvalue weighted by Gasteiger charge is 2.24. The molecule has 8 heavy (non-hydrogen) atoms. The molecule has 0 unspecified atom stereocenters. The standard InChI is InChI=1S/C5H10Br2O/c1-4(6)5(2,7)3-8/h4,8H,3H2,1-2H3/t4-,5-/m1/s1. The van der Waals surface area contributed by atoms with Crippen molar-refractivity contribution in [3.63, 3.8) is 0 Å². The average molecular weight is 246 g/mol. The summed E-state index contributed by atoms with van der Waals surface area (Å²) in [7, 11) is 0. The normalized spacial score (nSPS) is 22.1. The maximum Gasteiger partial charge on any atom is 0.0592 e. The van der Waals surface area contributed by atoms with Crippen LogP contribution in [0.5, 0.6) is 0 Å². The fraction of sp³-hybridized carbons (Fsp3) is 1.00. The lowest BCUT2D eigenvalue weighted by Crippen LogP contribution is -2.29. The first-order valence-electron chi connectivity index (χ1n) is 2.44. The van der Waals surface area contributed by atoms with Crippen molar-refractivity contribution in [2.75, 3.05) is 6.61 Å². The van der Waals surface area contributed by atoms with E-state index in [2.05, 4.69) is 31.9 Å². The summed E-state index contributed by atoms with van der Waals surface area (Å²) in [6.45, 7) is 4.08. The molecule has 0 aromatic heterocycles. The van der Waals surface area contributed by atoms with E-state index in [1.54, 1.807) is 0 Å². The van der Waals surface area contributed by atoms with E-state index >= 15 is 0 Å². The zero-order valence-electron chi connectivity index (χ0n) is 4.99. The summed E-state index contributed by atoms with van der Waals surface area (Å²) in [5, 5.41) is 8.69. The average Bonchev–Trinajstić information content (AvgIpc) is 1.67. The van der Waals surface area contributed by atoms with Gasteiger partial charge in [0.05, 0.1) is 10.9 Å². The highest BCUT2D eigenvalue weighted by Crippen LogP contribution is 2.26. The Kier molecular flexibility index (Phi) is 3.55. The number of alkyl halides is 2. The molecule has 0 spiro atoms. The van der Waals surface area contributed by atoms with Crippen LogP contribution in [0.4, 0.5) is 0 Å². The quantitative estimate of drug-likeness (QED) is 0.738. The summed E-state index contributed by atoms with van der Waals surface area (Å²) >= 11 is 6.70. The maximum absolute atomic E-state index is 8.69. The van der Waals surface area contributed by atoms with E-state index in [0.29, 0.717) is 4.83 Å². The first-order valence-corrected chi connectivity index (χ1v) is 4.15. The van der Waals surface area contributed by atoms with Crippen LogP contribution in [0.25, 0.3) is 0 Å². The van der Waals surface area contributed by atoms with Crippen molar-refractivity contribution >= 4 is 31.9 Å². The number of hydrogen-bond donors (Lipinski definition) is 1. The van der Waals surface area contributed by atoms with E-state index in [1.807, 2.05) is 13.8 Å². The van der Waals surface area contributed by atoms with Gasteiger partial charge in [0.1, 0.15) is 0 Å². The second-order valence-electron chi connectivity index (χ2n) is 2.05. The van der Waals surface area contributed by atoms with Gasteiger partial charge in [-0.1, -0.05) is 38.8 Å². The van der Waals surface area contributed by atoms with Crippen LogP contribution in [-0.4, -0.2) is 20.9 Å². The highest BCUT2D eigenvalue weighted by atomic mass is 79.9. The number of halogens is 2. The van der Waals surface area contributed by atoms with Crippen LogP contribution in [0.3, 0.4) is 0 Å². The molecule has 0 saturated carbocycles. The van der Waals surface area contributed by atoms with Crippen molar-refractivity contribution in [2.24, 2.45) is 0 Å². The molecule has 0 aromatic rings. The smallest absolute Gasteiger partial charge is 0.0592 e. The Labute approximate surface area is 66.7 Å². The highest BCUT2D eigenvalue weighted by molar-refractivity contribution is 9.12. The third-order valence-electron chi connectivity index (χ3n) is 1.14. The lowest BCUT2D eigenvalue weighted by molar-refractivity contribution is 0.260. The number of rotatable bonds is 2. The van der Waals surface area contributed by atoms with E-state index in [1.165, 1.54) is 0 Å². The molecule has 0 aliphatic carbocycles. The van der Waals surface area contributed by atoms with Gasteiger partial charge in [-0.05, 0) is 6.92 Å². The molecule has 1 N–H and O–H groups in total. The molecular formula is C5H10Br2O. The molecule has 0 radical (unpaired) electrons. The van der Waals surface area contributed by atoms with Crippen LogP contribution in [0.15, 0.2) is 0 Å². The van der Waals surface area contributed by atoms with E-state index in [4.69, 9.17) is 5.11 Å². The fourth-order valence-corrected chi connectivity index (χ4v) is 0.271. The van der Waals surface area contributed by atoms with E-state index in [0.717, 1.165) is 0 Å². The minimum Gasteiger partial charge on any atom is -0.395 e. The Hall–Kier alpha value is 0.920. The minimum atomic E-state index is -0.174. The van der Waals surface area contributed by atoms with Crippen molar-refractivity contribution in [2.45, 2.75) is 23.0 Å². The minimum absolute atomic E-state index is 0.152. The van der Waals surface area contributed by atoms with Crippen LogP contribution in [0, 0.1) is 0 Å². The molecule has 3 heteroatoms. The third-order valence-corrected chi connectivity index (χ3v) is 3.70. The van der Waals surface area contributed by atoms with Gasteiger partial charge in [-0.25, -0.2) is 0 Å². The van der Waals surface area contributed by atoms with Crippen LogP contribution in [0.2, 0.25) is 0 Å². The second-order valence-corrected chi connectivity index (χ2v) is 5.24. The van der Waals surface area contributed by atoms with Gasteiger partial charge in [0.25, 0.3) is 0 Å². The largest absolute Gasteiger partial charge is 0.395 e. The van der Waals surface area contributed by atoms with Crippen molar-refractivity contribution in [1.29, 1.82) is 0 Å². The molecule has 0 bridgehead atoms. The molecule has 1 nitrogen and oxygen atoms in total. The predicted molar refractivity (Wildman–Crippen MR) is 42.8 cm³/mol. The molecule has 0 aliphatic heterocycles. The van der Waals surface area contributed by atoms with Crippen molar-refractivity contribution in [3.05, 3.63) is 0 Å². The molecule has 0 fully saturated rings. The van der Waals surface area contributed by atoms with E-state index in [9.17, 15) is 0 Å². The lowest BCUT2D eigenvalue weighted by Gasteiger charge is -2.21. The summed E-state index contributed by atoms with van der Waals surface area (Å²) in [6, 6.07) is 0. The molecule has 2 atom stereocenters. The zero-order chi connectivity index (χ0) is 6.78. The van der Waals surface area contributed by atoms with Crippen molar-refractivity contribution in [3.8, 4) is 0 Å². The monoisotopic (exact) mass is 244 g/mol. The SMILES string of the molecule is C[C@@H](Br)[C@](C)(Br)CO. The lowest BCUT2D eigenvalue weighted by atomic mass is 10.1. The molecular weight excluding hydrogens is 236 g/mol. The van der Waals surface area contributed by atoms with Crippen LogP contribution < -0.4 is 0 Å². The van der Waals surface area contributed by atoms with Gasteiger partial charge in [-0.2, -0.15) is 0 Å². The summed E-state index contributed by atoms with van der Waals surface area (Å²) in [4.78, 5) is 0.292. The van der Waals surface area contributed by atoms with Gasteiger partial charge < -0.3 is 5.11 Å². The van der Waals surface area contributed by atoms with Gasteiger partial charge in [0, 0.05) is 4.83 Å². The van der Waals surface area contributed by atoms with Crippen LogP contribution in [-0.2, 0) is 0 Å². The Bertz CT molecular complexity index is 70.8. The maximum atomic E-state index is 8.69. The number of hydrogen-bond acceptors (Lipinski definition) is 1. The van der Waals surface area contributed by atoms with Gasteiger partial charge >= 0.3 is 0 Å². The Morgan fingerprint density at radius 1 is 1.75 bits per heavy atom. The van der Waals surface area contributed by atoms with Gasteiger partial charge in [0.2, 0.25) is 0 Å². The van der Waals surface area contributed by atoms with Crippen molar-refractivity contribution < 1.29 is 5.11 Å². The topological polar surface area (TPSA) is 20.2 Å². The Morgan fingerprint density at radius 2 is 2.12 bits per heavy atom. The summed E-state index contributed by atoms with van der Waals surface area (Å²) in [5.74, 6) is 0. The Balaban J connectivity index is 3.71. The molecule has 50 valence electrons. The predicted octanol–water partition coefficient (Wildman–Crippen LogP) is 1.92. The second kappa shape index (κ2) is 3.18. The Morgan fingerprint density at radius 3 is 2.12 bits per heavy atom. The summed E-state index contributed by atoms with van der Waals surface area (Å²) < 4.78 is -0.174. The number of aliphatic hydroxyl groups is 1. The third kappa shape index (κ3) is 2.46. The molecule has 0 amide bonds. The molecule has 0 heterocycles. The first-order chi connectivity index (χ1) is 3.50. The van der Waals surface area contributed by atoms with E-state index < -0.39 is 0 Å². The molecule has 0 saturated heterocycles. The van der Waals surface area contributed by atoms with E-state index in [-0.39, 0.29) is 10.9 Å². The van der Waals surface area contributed by atoms with Crippen molar-refractivity contribution in [1.82, 2.24) is 0 Å².